The lowest BCUT2D eigenvalue weighted by atomic mass is 10.1. The maximum atomic E-state index is 5.41. The molecule has 3 aromatic carbocycles. The number of methoxy groups -OCH3 is 2. The Bertz CT molecular complexity index is 1070. The molecule has 142 valence electrons. The predicted octanol–water partition coefficient (Wildman–Crippen LogP) is 5.48. The average Bonchev–Trinajstić information content (AvgIpc) is 2.74. The summed E-state index contributed by atoms with van der Waals surface area (Å²) in [5, 5.41) is 4.23. The van der Waals surface area contributed by atoms with Crippen LogP contribution < -0.4 is 14.8 Å². The summed E-state index contributed by atoms with van der Waals surface area (Å²) in [5.74, 6) is 2.00. The van der Waals surface area contributed by atoms with Crippen molar-refractivity contribution >= 4 is 34.8 Å². The molecule has 4 aromatic rings. The van der Waals surface area contributed by atoms with Crippen molar-refractivity contribution in [2.24, 2.45) is 0 Å². The Kier molecular flexibility index (Phi) is 5.96. The number of nitrogens with one attached hydrogen (secondary N) is 1. The van der Waals surface area contributed by atoms with Crippen LogP contribution in [0.3, 0.4) is 0 Å². The van der Waals surface area contributed by atoms with Crippen molar-refractivity contribution in [3.63, 3.8) is 0 Å². The molecule has 0 aliphatic carbocycles. The Balaban J connectivity index is 0.00000225. The van der Waals surface area contributed by atoms with E-state index in [4.69, 9.17) is 9.47 Å². The molecule has 0 amide bonds. The molecule has 5 nitrogen and oxygen atoms in total. The van der Waals surface area contributed by atoms with Gasteiger partial charge in [0.1, 0.15) is 12.1 Å². The van der Waals surface area contributed by atoms with Crippen LogP contribution in [-0.2, 0) is 0 Å². The summed E-state index contributed by atoms with van der Waals surface area (Å²) < 4.78 is 10.8. The van der Waals surface area contributed by atoms with E-state index in [2.05, 4.69) is 39.6 Å². The van der Waals surface area contributed by atoms with E-state index in [1.165, 1.54) is 17.5 Å². The fourth-order valence-corrected chi connectivity index (χ4v) is 3.00. The van der Waals surface area contributed by atoms with Crippen LogP contribution >= 0.6 is 12.4 Å². The van der Waals surface area contributed by atoms with E-state index >= 15 is 0 Å². The van der Waals surface area contributed by atoms with Gasteiger partial charge in [0, 0.05) is 17.1 Å². The lowest BCUT2D eigenvalue weighted by Gasteiger charge is -2.12. The highest BCUT2D eigenvalue weighted by Gasteiger charge is 2.11. The monoisotopic (exact) mass is 393 g/mol. The minimum absolute atomic E-state index is 0. The van der Waals surface area contributed by atoms with E-state index in [0.29, 0.717) is 17.3 Å². The third-order valence-corrected chi connectivity index (χ3v) is 4.40. The quantitative estimate of drug-likeness (QED) is 0.486. The molecule has 1 N–H and O–H groups in total. The molecule has 0 spiro atoms. The Morgan fingerprint density at radius 1 is 0.750 bits per heavy atom. The molecule has 0 unspecified atom stereocenters. The average molecular weight is 394 g/mol. The number of ether oxygens (including phenoxy) is 2. The third-order valence-electron chi connectivity index (χ3n) is 4.40. The highest BCUT2D eigenvalue weighted by atomic mass is 35.5. The van der Waals surface area contributed by atoms with Crippen molar-refractivity contribution < 1.29 is 9.47 Å². The molecule has 0 radical (unpaired) electrons. The van der Waals surface area contributed by atoms with Gasteiger partial charge in [-0.2, -0.15) is 0 Å². The molecule has 0 saturated heterocycles. The molecule has 4 rings (SSSR count). The Hall–Kier alpha value is -3.31. The number of rotatable bonds is 5. The van der Waals surface area contributed by atoms with Crippen molar-refractivity contribution in [1.82, 2.24) is 9.97 Å². The summed E-state index contributed by atoms with van der Waals surface area (Å²) in [6.07, 6.45) is 1.54. The summed E-state index contributed by atoms with van der Waals surface area (Å²) in [6, 6.07) is 22.3. The van der Waals surface area contributed by atoms with Gasteiger partial charge >= 0.3 is 0 Å². The molecule has 28 heavy (non-hydrogen) atoms. The number of fused-ring (bicyclic) bond motifs is 1. The number of anilines is 2. The number of halogens is 1. The lowest BCUT2D eigenvalue weighted by Crippen LogP contribution is -1.98. The summed E-state index contributed by atoms with van der Waals surface area (Å²) >= 11 is 0. The molecule has 0 fully saturated rings. The smallest absolute Gasteiger partial charge is 0.162 e. The van der Waals surface area contributed by atoms with Crippen LogP contribution in [0.25, 0.3) is 22.0 Å². The molecule has 0 aliphatic rings. The van der Waals surface area contributed by atoms with Crippen LogP contribution in [0.5, 0.6) is 11.5 Å². The van der Waals surface area contributed by atoms with Crippen LogP contribution in [0, 0.1) is 0 Å². The topological polar surface area (TPSA) is 56.3 Å². The molecule has 0 atom stereocenters. The number of hydrogen-bond acceptors (Lipinski definition) is 5. The first-order chi connectivity index (χ1) is 13.3. The Morgan fingerprint density at radius 2 is 1.39 bits per heavy atom. The summed E-state index contributed by atoms with van der Waals surface area (Å²) in [5.41, 5.74) is 4.09. The number of hydrogen-bond donors (Lipinski definition) is 1. The third kappa shape index (κ3) is 3.85. The van der Waals surface area contributed by atoms with Gasteiger partial charge in [-0.05, 0) is 29.3 Å². The van der Waals surface area contributed by atoms with Crippen LogP contribution in [0.1, 0.15) is 0 Å². The van der Waals surface area contributed by atoms with Crippen molar-refractivity contribution in [2.75, 3.05) is 19.5 Å². The van der Waals surface area contributed by atoms with Crippen LogP contribution in [0.2, 0.25) is 0 Å². The fraction of sp³-hybridized carbons (Fsp3) is 0.0909. The lowest BCUT2D eigenvalue weighted by molar-refractivity contribution is 0.356. The normalized spacial score (nSPS) is 10.2. The zero-order valence-electron chi connectivity index (χ0n) is 15.5. The van der Waals surface area contributed by atoms with Crippen molar-refractivity contribution in [1.29, 1.82) is 0 Å². The first-order valence-electron chi connectivity index (χ1n) is 8.58. The van der Waals surface area contributed by atoms with Gasteiger partial charge < -0.3 is 14.8 Å². The second-order valence-corrected chi connectivity index (χ2v) is 6.01. The molecular formula is C22H20ClN3O2. The van der Waals surface area contributed by atoms with Gasteiger partial charge in [-0.15, -0.1) is 12.4 Å². The van der Waals surface area contributed by atoms with E-state index in [9.17, 15) is 0 Å². The van der Waals surface area contributed by atoms with E-state index in [0.717, 1.165) is 16.6 Å². The zero-order chi connectivity index (χ0) is 18.6. The van der Waals surface area contributed by atoms with E-state index in [-0.39, 0.29) is 12.4 Å². The molecule has 0 bridgehead atoms. The highest BCUT2D eigenvalue weighted by Crippen LogP contribution is 2.34. The molecular weight excluding hydrogens is 374 g/mol. The first-order valence-corrected chi connectivity index (χ1v) is 8.58. The van der Waals surface area contributed by atoms with Crippen molar-refractivity contribution in [3.05, 3.63) is 73.1 Å². The van der Waals surface area contributed by atoms with Crippen LogP contribution in [-0.4, -0.2) is 24.2 Å². The van der Waals surface area contributed by atoms with Gasteiger partial charge in [0.05, 0.1) is 19.7 Å². The van der Waals surface area contributed by atoms with E-state index in [1.807, 2.05) is 42.5 Å². The first kappa shape index (κ1) is 19.5. The van der Waals surface area contributed by atoms with Gasteiger partial charge in [0.25, 0.3) is 0 Å². The maximum Gasteiger partial charge on any atom is 0.162 e. The molecule has 6 heteroatoms. The van der Waals surface area contributed by atoms with Crippen LogP contribution in [0.4, 0.5) is 11.5 Å². The fourth-order valence-electron chi connectivity index (χ4n) is 3.00. The summed E-state index contributed by atoms with van der Waals surface area (Å²) in [6.45, 7) is 0. The minimum Gasteiger partial charge on any atom is -0.493 e. The van der Waals surface area contributed by atoms with Gasteiger partial charge in [0.2, 0.25) is 0 Å². The molecule has 0 saturated carbocycles. The Labute approximate surface area is 169 Å². The minimum atomic E-state index is 0. The van der Waals surface area contributed by atoms with E-state index < -0.39 is 0 Å². The maximum absolute atomic E-state index is 5.41. The summed E-state index contributed by atoms with van der Waals surface area (Å²) in [7, 11) is 3.22. The van der Waals surface area contributed by atoms with E-state index in [1.54, 1.807) is 14.2 Å². The zero-order valence-corrected chi connectivity index (χ0v) is 16.4. The molecule has 1 aromatic heterocycles. The summed E-state index contributed by atoms with van der Waals surface area (Å²) in [4.78, 5) is 8.73. The van der Waals surface area contributed by atoms with Crippen molar-refractivity contribution in [3.8, 4) is 22.6 Å². The molecule has 0 aliphatic heterocycles. The largest absolute Gasteiger partial charge is 0.493 e. The van der Waals surface area contributed by atoms with Gasteiger partial charge in [-0.1, -0.05) is 42.5 Å². The SMILES string of the molecule is COc1cc2ncnc(Nc3ccc(-c4ccccc4)cc3)c2cc1OC.Cl. The number of nitrogens with zero attached hydrogens (tertiary/aromatic N) is 2. The van der Waals surface area contributed by atoms with Gasteiger partial charge in [-0.25, -0.2) is 9.97 Å². The standard InChI is InChI=1S/C22H19N3O2.ClH/c1-26-20-12-18-19(13-21(20)27-2)23-14-24-22(18)25-17-10-8-16(9-11-17)15-6-4-3-5-7-15;/h3-14H,1-2H3,(H,23,24,25);1H. The number of aromatic nitrogens is 2. The predicted molar refractivity (Wildman–Crippen MR) is 115 cm³/mol. The van der Waals surface area contributed by atoms with Crippen LogP contribution in [0.15, 0.2) is 73.1 Å². The second kappa shape index (κ2) is 8.59. The van der Waals surface area contributed by atoms with Crippen molar-refractivity contribution in [2.45, 2.75) is 0 Å². The Morgan fingerprint density at radius 3 is 2.07 bits per heavy atom. The molecule has 1 heterocycles. The second-order valence-electron chi connectivity index (χ2n) is 6.01. The highest BCUT2D eigenvalue weighted by molar-refractivity contribution is 5.93. The number of benzene rings is 3. The van der Waals surface area contributed by atoms with Gasteiger partial charge in [-0.3, -0.25) is 0 Å². The van der Waals surface area contributed by atoms with Gasteiger partial charge in [0.15, 0.2) is 11.5 Å².